The summed E-state index contributed by atoms with van der Waals surface area (Å²) in [6.45, 7) is 5.67. The summed E-state index contributed by atoms with van der Waals surface area (Å²) in [5.74, 6) is 0.649. The van der Waals surface area contributed by atoms with E-state index < -0.39 is 0 Å². The van der Waals surface area contributed by atoms with Crippen LogP contribution in [0.3, 0.4) is 0 Å². The number of hydrogen-bond acceptors (Lipinski definition) is 2. The number of carbonyl (C=O) groups excluding carboxylic acids is 1. The van der Waals surface area contributed by atoms with Gasteiger partial charge in [-0.3, -0.25) is 4.79 Å². The highest BCUT2D eigenvalue weighted by molar-refractivity contribution is 6.30. The van der Waals surface area contributed by atoms with Crippen molar-refractivity contribution in [2.45, 2.75) is 39.5 Å². The zero-order chi connectivity index (χ0) is 14.8. The first-order chi connectivity index (χ1) is 9.65. The lowest BCUT2D eigenvalue weighted by Gasteiger charge is -2.15. The van der Waals surface area contributed by atoms with Gasteiger partial charge in [0, 0.05) is 10.7 Å². The molecule has 112 valence electrons. The second-order valence-corrected chi connectivity index (χ2v) is 5.54. The van der Waals surface area contributed by atoms with Crippen LogP contribution in [0.25, 0.3) is 0 Å². The standard InChI is InChI=1S/C16H25ClN2O/c1-3-5-6-13(4-2)11-18-12-16(20)19-15-9-7-14(17)8-10-15/h7-10,13,18H,3-6,11-12H2,1-2H3,(H,19,20). The van der Waals surface area contributed by atoms with Gasteiger partial charge in [0.1, 0.15) is 0 Å². The SMILES string of the molecule is CCCCC(CC)CNCC(=O)Nc1ccc(Cl)cc1. The molecule has 1 atom stereocenters. The van der Waals surface area contributed by atoms with Gasteiger partial charge >= 0.3 is 0 Å². The van der Waals surface area contributed by atoms with Crippen molar-refractivity contribution >= 4 is 23.2 Å². The number of amides is 1. The van der Waals surface area contributed by atoms with Crippen LogP contribution in [0.5, 0.6) is 0 Å². The van der Waals surface area contributed by atoms with Gasteiger partial charge < -0.3 is 10.6 Å². The minimum Gasteiger partial charge on any atom is -0.325 e. The Labute approximate surface area is 127 Å². The van der Waals surface area contributed by atoms with E-state index in [0.29, 0.717) is 17.5 Å². The topological polar surface area (TPSA) is 41.1 Å². The van der Waals surface area contributed by atoms with Gasteiger partial charge in [0.25, 0.3) is 0 Å². The number of halogens is 1. The molecular formula is C16H25ClN2O. The second-order valence-electron chi connectivity index (χ2n) is 5.10. The van der Waals surface area contributed by atoms with Crippen LogP contribution in [-0.4, -0.2) is 19.0 Å². The van der Waals surface area contributed by atoms with E-state index in [1.807, 2.05) is 0 Å². The molecule has 0 aliphatic carbocycles. The minimum absolute atomic E-state index is 0.0160. The average molecular weight is 297 g/mol. The van der Waals surface area contributed by atoms with E-state index in [1.54, 1.807) is 24.3 Å². The molecule has 0 saturated carbocycles. The van der Waals surface area contributed by atoms with Gasteiger partial charge in [-0.2, -0.15) is 0 Å². The van der Waals surface area contributed by atoms with Crippen LogP contribution in [0.4, 0.5) is 5.69 Å². The van der Waals surface area contributed by atoms with Crippen molar-refractivity contribution in [1.82, 2.24) is 5.32 Å². The summed E-state index contributed by atoms with van der Waals surface area (Å²) >= 11 is 5.80. The van der Waals surface area contributed by atoms with E-state index in [1.165, 1.54) is 19.3 Å². The lowest BCUT2D eigenvalue weighted by molar-refractivity contribution is -0.115. The molecule has 0 aliphatic heterocycles. The Morgan fingerprint density at radius 2 is 1.95 bits per heavy atom. The predicted octanol–water partition coefficient (Wildman–Crippen LogP) is 4.08. The Balaban J connectivity index is 2.23. The van der Waals surface area contributed by atoms with Gasteiger partial charge in [0.15, 0.2) is 0 Å². The van der Waals surface area contributed by atoms with E-state index in [0.717, 1.165) is 18.7 Å². The Bertz CT molecular complexity index is 392. The van der Waals surface area contributed by atoms with Crippen LogP contribution in [0, 0.1) is 5.92 Å². The molecule has 0 spiro atoms. The summed E-state index contributed by atoms with van der Waals surface area (Å²) < 4.78 is 0. The minimum atomic E-state index is -0.0160. The van der Waals surface area contributed by atoms with Gasteiger partial charge in [0.05, 0.1) is 6.54 Å². The summed E-state index contributed by atoms with van der Waals surface area (Å²) in [4.78, 5) is 11.8. The quantitative estimate of drug-likeness (QED) is 0.721. The normalized spacial score (nSPS) is 12.2. The third-order valence-corrected chi connectivity index (χ3v) is 3.64. The van der Waals surface area contributed by atoms with Gasteiger partial charge in [0.2, 0.25) is 5.91 Å². The monoisotopic (exact) mass is 296 g/mol. The van der Waals surface area contributed by atoms with Crippen molar-refractivity contribution in [3.63, 3.8) is 0 Å². The highest BCUT2D eigenvalue weighted by Crippen LogP contribution is 2.13. The van der Waals surface area contributed by atoms with Crippen LogP contribution in [-0.2, 0) is 4.79 Å². The van der Waals surface area contributed by atoms with E-state index in [-0.39, 0.29) is 5.91 Å². The van der Waals surface area contributed by atoms with Crippen LogP contribution in [0.1, 0.15) is 39.5 Å². The van der Waals surface area contributed by atoms with Crippen molar-refractivity contribution in [2.75, 3.05) is 18.4 Å². The molecule has 20 heavy (non-hydrogen) atoms. The van der Waals surface area contributed by atoms with Crippen LogP contribution >= 0.6 is 11.6 Å². The van der Waals surface area contributed by atoms with E-state index in [2.05, 4.69) is 24.5 Å². The molecule has 0 aliphatic rings. The third kappa shape index (κ3) is 6.92. The number of anilines is 1. The molecule has 1 rings (SSSR count). The van der Waals surface area contributed by atoms with Gasteiger partial charge in [-0.15, -0.1) is 0 Å². The first kappa shape index (κ1) is 17.0. The molecule has 1 unspecified atom stereocenters. The van der Waals surface area contributed by atoms with Gasteiger partial charge in [-0.25, -0.2) is 0 Å². The summed E-state index contributed by atoms with van der Waals surface area (Å²) in [5.41, 5.74) is 0.777. The van der Waals surface area contributed by atoms with Crippen molar-refractivity contribution in [1.29, 1.82) is 0 Å². The van der Waals surface area contributed by atoms with Crippen molar-refractivity contribution in [2.24, 2.45) is 5.92 Å². The zero-order valence-electron chi connectivity index (χ0n) is 12.4. The fraction of sp³-hybridized carbons (Fsp3) is 0.562. The molecule has 0 fully saturated rings. The van der Waals surface area contributed by atoms with Crippen LogP contribution in [0.15, 0.2) is 24.3 Å². The van der Waals surface area contributed by atoms with E-state index in [9.17, 15) is 4.79 Å². The summed E-state index contributed by atoms with van der Waals surface area (Å²) in [6, 6.07) is 7.14. The smallest absolute Gasteiger partial charge is 0.238 e. The maximum atomic E-state index is 11.8. The van der Waals surface area contributed by atoms with E-state index >= 15 is 0 Å². The van der Waals surface area contributed by atoms with Crippen molar-refractivity contribution < 1.29 is 4.79 Å². The van der Waals surface area contributed by atoms with Crippen molar-refractivity contribution in [3.8, 4) is 0 Å². The largest absolute Gasteiger partial charge is 0.325 e. The number of nitrogens with one attached hydrogen (secondary N) is 2. The maximum Gasteiger partial charge on any atom is 0.238 e. The molecule has 0 aromatic heterocycles. The summed E-state index contributed by atoms with van der Waals surface area (Å²) in [7, 11) is 0. The molecule has 0 bridgehead atoms. The average Bonchev–Trinajstić information content (AvgIpc) is 2.45. The molecule has 0 saturated heterocycles. The molecule has 2 N–H and O–H groups in total. The molecule has 1 amide bonds. The Hall–Kier alpha value is -1.06. The van der Waals surface area contributed by atoms with E-state index in [4.69, 9.17) is 11.6 Å². The first-order valence-corrected chi connectivity index (χ1v) is 7.79. The van der Waals surface area contributed by atoms with Gasteiger partial charge in [-0.1, -0.05) is 44.7 Å². The fourth-order valence-electron chi connectivity index (χ4n) is 2.07. The molecule has 0 radical (unpaired) electrons. The van der Waals surface area contributed by atoms with Crippen LogP contribution < -0.4 is 10.6 Å². The molecule has 3 nitrogen and oxygen atoms in total. The number of unbranched alkanes of at least 4 members (excludes halogenated alkanes) is 1. The Morgan fingerprint density at radius 3 is 2.55 bits per heavy atom. The molecule has 0 heterocycles. The number of rotatable bonds is 9. The fourth-order valence-corrected chi connectivity index (χ4v) is 2.20. The second kappa shape index (κ2) is 9.78. The maximum absolute atomic E-state index is 11.8. The number of hydrogen-bond donors (Lipinski definition) is 2. The summed E-state index contributed by atoms with van der Waals surface area (Å²) in [5, 5.41) is 6.75. The zero-order valence-corrected chi connectivity index (χ0v) is 13.2. The first-order valence-electron chi connectivity index (χ1n) is 7.41. The molecular weight excluding hydrogens is 272 g/mol. The highest BCUT2D eigenvalue weighted by Gasteiger charge is 2.07. The lowest BCUT2D eigenvalue weighted by Crippen LogP contribution is -2.31. The number of benzene rings is 1. The van der Waals surface area contributed by atoms with Crippen LogP contribution in [0.2, 0.25) is 5.02 Å². The molecule has 1 aromatic rings. The Morgan fingerprint density at radius 1 is 1.25 bits per heavy atom. The highest BCUT2D eigenvalue weighted by atomic mass is 35.5. The third-order valence-electron chi connectivity index (χ3n) is 3.39. The molecule has 1 aromatic carbocycles. The van der Waals surface area contributed by atoms with Gasteiger partial charge in [-0.05, 0) is 43.1 Å². The molecule has 4 heteroatoms. The lowest BCUT2D eigenvalue weighted by atomic mass is 9.99. The predicted molar refractivity (Wildman–Crippen MR) is 86.3 cm³/mol. The Kier molecular flexibility index (Phi) is 8.31. The van der Waals surface area contributed by atoms with Crippen molar-refractivity contribution in [3.05, 3.63) is 29.3 Å². The number of carbonyl (C=O) groups is 1. The summed E-state index contributed by atoms with van der Waals surface area (Å²) in [6.07, 6.45) is 4.88.